The van der Waals surface area contributed by atoms with Gasteiger partial charge in [0, 0.05) is 18.5 Å². The molecule has 0 atom stereocenters. The van der Waals surface area contributed by atoms with Crippen LogP contribution in [-0.4, -0.2) is 20.4 Å². The molecule has 0 N–H and O–H groups in total. The van der Waals surface area contributed by atoms with Crippen molar-refractivity contribution in [3.05, 3.63) is 53.2 Å². The van der Waals surface area contributed by atoms with Crippen molar-refractivity contribution in [2.24, 2.45) is 0 Å². The number of fused-ring (bicyclic) bond motifs is 1. The highest BCUT2D eigenvalue weighted by molar-refractivity contribution is 6.17. The fourth-order valence-corrected chi connectivity index (χ4v) is 2.61. The summed E-state index contributed by atoms with van der Waals surface area (Å²) in [4.78, 5) is 8.97. The summed E-state index contributed by atoms with van der Waals surface area (Å²) in [6.45, 7) is 3.83. The topological polar surface area (TPSA) is 30.7 Å². The van der Waals surface area contributed by atoms with E-state index in [1.54, 1.807) is 16.8 Å². The van der Waals surface area contributed by atoms with E-state index in [-0.39, 0.29) is 5.82 Å². The Bertz CT molecular complexity index is 811. The lowest BCUT2D eigenvalue weighted by molar-refractivity contribution is 0.615. The first-order valence-electron chi connectivity index (χ1n) is 6.77. The van der Waals surface area contributed by atoms with Gasteiger partial charge in [0.25, 0.3) is 0 Å². The molecule has 3 aromatic rings. The number of nitrogens with zero attached hydrogens (tertiary/aromatic N) is 3. The van der Waals surface area contributed by atoms with Crippen molar-refractivity contribution in [1.82, 2.24) is 14.5 Å². The minimum absolute atomic E-state index is 0.284. The van der Waals surface area contributed by atoms with Gasteiger partial charge in [0.15, 0.2) is 5.65 Å². The smallest absolute Gasteiger partial charge is 0.165 e. The molecular weight excluding hydrogens is 289 g/mol. The van der Waals surface area contributed by atoms with E-state index >= 15 is 0 Å². The largest absolute Gasteiger partial charge is 0.278 e. The number of pyridine rings is 1. The molecule has 0 saturated heterocycles. The maximum Gasteiger partial charge on any atom is 0.165 e. The van der Waals surface area contributed by atoms with Gasteiger partial charge in [-0.15, -0.1) is 11.6 Å². The number of rotatable bonds is 3. The van der Waals surface area contributed by atoms with Gasteiger partial charge in [0.1, 0.15) is 17.2 Å². The Morgan fingerprint density at radius 3 is 2.76 bits per heavy atom. The zero-order valence-electron chi connectivity index (χ0n) is 11.9. The van der Waals surface area contributed by atoms with Crippen LogP contribution < -0.4 is 0 Å². The molecule has 1 aromatic carbocycles. The Kier molecular flexibility index (Phi) is 3.64. The lowest BCUT2D eigenvalue weighted by Crippen LogP contribution is -2.05. The fraction of sp³-hybridized carbons (Fsp3) is 0.250. The number of aromatic nitrogens is 3. The molecule has 3 nitrogen and oxygen atoms in total. The van der Waals surface area contributed by atoms with Crippen LogP contribution in [-0.2, 0) is 6.42 Å². The zero-order valence-corrected chi connectivity index (χ0v) is 12.7. The maximum atomic E-state index is 14.4. The molecule has 0 aliphatic heterocycles. The number of aryl methyl sites for hydroxylation is 3. The van der Waals surface area contributed by atoms with Crippen molar-refractivity contribution >= 4 is 22.8 Å². The summed E-state index contributed by atoms with van der Waals surface area (Å²) in [6, 6.07) is 7.05. The van der Waals surface area contributed by atoms with Crippen LogP contribution in [0.25, 0.3) is 16.9 Å². The highest BCUT2D eigenvalue weighted by Crippen LogP contribution is 2.25. The van der Waals surface area contributed by atoms with E-state index in [0.717, 1.165) is 22.5 Å². The molecule has 0 unspecified atom stereocenters. The second-order valence-corrected chi connectivity index (χ2v) is 5.44. The molecule has 2 heterocycles. The minimum Gasteiger partial charge on any atom is -0.278 e. The Morgan fingerprint density at radius 1 is 1.24 bits per heavy atom. The SMILES string of the molecule is Cc1ccc(-n2c(CCCl)nc3c(C)ccnc32)c(F)c1. The third-order valence-electron chi connectivity index (χ3n) is 3.48. The average Bonchev–Trinajstić information content (AvgIpc) is 2.79. The van der Waals surface area contributed by atoms with Crippen molar-refractivity contribution in [3.63, 3.8) is 0 Å². The van der Waals surface area contributed by atoms with Crippen molar-refractivity contribution < 1.29 is 4.39 Å². The van der Waals surface area contributed by atoms with Crippen LogP contribution in [0.2, 0.25) is 0 Å². The lowest BCUT2D eigenvalue weighted by Gasteiger charge is -2.09. The van der Waals surface area contributed by atoms with Gasteiger partial charge in [-0.2, -0.15) is 0 Å². The molecule has 0 bridgehead atoms. The van der Waals surface area contributed by atoms with E-state index in [1.807, 2.05) is 26.0 Å². The molecule has 0 amide bonds. The lowest BCUT2D eigenvalue weighted by atomic mass is 10.2. The number of halogens is 2. The molecule has 0 spiro atoms. The molecule has 5 heteroatoms. The van der Waals surface area contributed by atoms with Gasteiger partial charge < -0.3 is 0 Å². The van der Waals surface area contributed by atoms with Gasteiger partial charge in [-0.25, -0.2) is 14.4 Å². The Labute approximate surface area is 127 Å². The van der Waals surface area contributed by atoms with Gasteiger partial charge in [-0.1, -0.05) is 6.07 Å². The van der Waals surface area contributed by atoms with Crippen LogP contribution >= 0.6 is 11.6 Å². The second-order valence-electron chi connectivity index (χ2n) is 5.06. The van der Waals surface area contributed by atoms with Gasteiger partial charge in [0.05, 0.1) is 5.69 Å². The van der Waals surface area contributed by atoms with E-state index in [9.17, 15) is 4.39 Å². The predicted octanol–water partition coefficient (Wildman–Crippen LogP) is 3.96. The van der Waals surface area contributed by atoms with E-state index in [2.05, 4.69) is 9.97 Å². The summed E-state index contributed by atoms with van der Waals surface area (Å²) in [5, 5.41) is 0. The number of alkyl halides is 1. The van der Waals surface area contributed by atoms with Gasteiger partial charge in [0.2, 0.25) is 0 Å². The number of imidazole rings is 1. The van der Waals surface area contributed by atoms with Crippen LogP contribution in [0.1, 0.15) is 17.0 Å². The van der Waals surface area contributed by atoms with Crippen LogP contribution in [0.5, 0.6) is 0 Å². The first kappa shape index (κ1) is 14.0. The van der Waals surface area contributed by atoms with E-state index < -0.39 is 0 Å². The quantitative estimate of drug-likeness (QED) is 0.686. The summed E-state index contributed by atoms with van der Waals surface area (Å²) in [6.07, 6.45) is 2.27. The molecule has 0 aliphatic carbocycles. The van der Waals surface area contributed by atoms with Crippen molar-refractivity contribution in [2.75, 3.05) is 5.88 Å². The summed E-state index contributed by atoms with van der Waals surface area (Å²) < 4.78 is 16.1. The minimum atomic E-state index is -0.284. The van der Waals surface area contributed by atoms with Crippen LogP contribution in [0, 0.1) is 19.7 Å². The van der Waals surface area contributed by atoms with Gasteiger partial charge in [-0.05, 0) is 43.2 Å². The molecule has 21 heavy (non-hydrogen) atoms. The number of hydrogen-bond acceptors (Lipinski definition) is 2. The molecule has 0 radical (unpaired) electrons. The van der Waals surface area contributed by atoms with E-state index in [0.29, 0.717) is 23.6 Å². The molecule has 0 fully saturated rings. The molecule has 108 valence electrons. The number of benzene rings is 1. The van der Waals surface area contributed by atoms with Crippen molar-refractivity contribution in [1.29, 1.82) is 0 Å². The van der Waals surface area contributed by atoms with Gasteiger partial charge in [-0.3, -0.25) is 4.57 Å². The van der Waals surface area contributed by atoms with E-state index in [4.69, 9.17) is 11.6 Å². The monoisotopic (exact) mass is 303 g/mol. The highest BCUT2D eigenvalue weighted by Gasteiger charge is 2.17. The number of hydrogen-bond donors (Lipinski definition) is 0. The van der Waals surface area contributed by atoms with Crippen molar-refractivity contribution in [3.8, 4) is 5.69 Å². The first-order chi connectivity index (χ1) is 10.1. The normalized spacial score (nSPS) is 11.2. The third-order valence-corrected chi connectivity index (χ3v) is 3.67. The molecule has 0 aliphatic rings. The summed E-state index contributed by atoms with van der Waals surface area (Å²) in [7, 11) is 0. The molecule has 3 rings (SSSR count). The standard InChI is InChI=1S/C16H15ClFN3/c1-10-3-4-13(12(18)9-10)21-14(5-7-17)20-15-11(2)6-8-19-16(15)21/h3-4,6,8-9H,5,7H2,1-2H3. The van der Waals surface area contributed by atoms with Crippen molar-refractivity contribution in [2.45, 2.75) is 20.3 Å². The molecule has 0 saturated carbocycles. The highest BCUT2D eigenvalue weighted by atomic mass is 35.5. The maximum absolute atomic E-state index is 14.4. The fourth-order valence-electron chi connectivity index (χ4n) is 2.44. The van der Waals surface area contributed by atoms with E-state index in [1.165, 1.54) is 6.07 Å². The molecule has 2 aromatic heterocycles. The van der Waals surface area contributed by atoms with Crippen LogP contribution in [0.3, 0.4) is 0 Å². The second kappa shape index (κ2) is 5.45. The Morgan fingerprint density at radius 2 is 2.05 bits per heavy atom. The summed E-state index contributed by atoms with van der Waals surface area (Å²) in [5.74, 6) is 0.869. The molecular formula is C16H15ClFN3. The van der Waals surface area contributed by atoms with Crippen LogP contribution in [0.15, 0.2) is 30.5 Å². The Balaban J connectivity index is 2.33. The third kappa shape index (κ3) is 2.40. The average molecular weight is 304 g/mol. The summed E-state index contributed by atoms with van der Waals surface area (Å²) in [5.41, 5.74) is 3.81. The zero-order chi connectivity index (χ0) is 15.0. The van der Waals surface area contributed by atoms with Gasteiger partial charge >= 0.3 is 0 Å². The first-order valence-corrected chi connectivity index (χ1v) is 7.30. The predicted molar refractivity (Wildman–Crippen MR) is 82.7 cm³/mol. The summed E-state index contributed by atoms with van der Waals surface area (Å²) >= 11 is 5.86. The van der Waals surface area contributed by atoms with Crippen LogP contribution in [0.4, 0.5) is 4.39 Å². The Hall–Kier alpha value is -1.94.